The van der Waals surface area contributed by atoms with Crippen molar-refractivity contribution in [1.29, 1.82) is 0 Å². The molecule has 0 amide bonds. The standard InChI is InChI=1S/C18H18BrN3O2/c19-11-5-6-14-12(7-11)16-17(24-14)18(23)21-15(20-16)9-22-8-10-3-1-2-4-13(10)22/h5-7,10,13H,1-4,8-9H2,(H,20,21,23). The molecule has 0 spiro atoms. The Labute approximate surface area is 147 Å². The Hall–Kier alpha value is -1.66. The number of likely N-dealkylation sites (tertiary alicyclic amines) is 1. The lowest BCUT2D eigenvalue weighted by molar-refractivity contribution is -0.0225. The molecule has 24 heavy (non-hydrogen) atoms. The molecule has 5 nitrogen and oxygen atoms in total. The Morgan fingerprint density at radius 1 is 1.33 bits per heavy atom. The maximum atomic E-state index is 12.4. The van der Waals surface area contributed by atoms with E-state index in [9.17, 15) is 4.79 Å². The molecule has 1 aliphatic heterocycles. The molecule has 2 fully saturated rings. The van der Waals surface area contributed by atoms with Gasteiger partial charge >= 0.3 is 0 Å². The number of hydrogen-bond donors (Lipinski definition) is 1. The number of benzene rings is 1. The lowest BCUT2D eigenvalue weighted by Gasteiger charge is -2.50. The Morgan fingerprint density at radius 2 is 2.21 bits per heavy atom. The molecule has 1 saturated carbocycles. The second-order valence-corrected chi connectivity index (χ2v) is 7.89. The average Bonchev–Trinajstić information content (AvgIpc) is 2.91. The van der Waals surface area contributed by atoms with Crippen molar-refractivity contribution in [1.82, 2.24) is 14.9 Å². The van der Waals surface area contributed by atoms with Gasteiger partial charge in [-0.1, -0.05) is 28.8 Å². The molecule has 1 N–H and O–H groups in total. The van der Waals surface area contributed by atoms with Crippen LogP contribution in [0.4, 0.5) is 0 Å². The fraction of sp³-hybridized carbons (Fsp3) is 0.444. The summed E-state index contributed by atoms with van der Waals surface area (Å²) < 4.78 is 6.64. The van der Waals surface area contributed by atoms with E-state index >= 15 is 0 Å². The first kappa shape index (κ1) is 14.7. The maximum absolute atomic E-state index is 12.4. The van der Waals surface area contributed by atoms with E-state index in [0.29, 0.717) is 29.3 Å². The van der Waals surface area contributed by atoms with Crippen molar-refractivity contribution < 1.29 is 4.42 Å². The third-order valence-electron chi connectivity index (χ3n) is 5.49. The molecule has 2 unspecified atom stereocenters. The summed E-state index contributed by atoms with van der Waals surface area (Å²) in [6.45, 7) is 1.84. The van der Waals surface area contributed by atoms with E-state index in [1.807, 2.05) is 18.2 Å². The molecule has 5 rings (SSSR count). The van der Waals surface area contributed by atoms with Crippen LogP contribution in [0.15, 0.2) is 31.9 Å². The van der Waals surface area contributed by atoms with Gasteiger partial charge in [-0.25, -0.2) is 4.98 Å². The van der Waals surface area contributed by atoms with Gasteiger partial charge in [0.2, 0.25) is 5.58 Å². The SMILES string of the molecule is O=c1[nH]c(CN2CC3CCCCC32)nc2c1oc1ccc(Br)cc12. The molecule has 1 aliphatic carbocycles. The highest BCUT2D eigenvalue weighted by atomic mass is 79.9. The van der Waals surface area contributed by atoms with Gasteiger partial charge in [-0.3, -0.25) is 9.69 Å². The molecule has 0 radical (unpaired) electrons. The quantitative estimate of drug-likeness (QED) is 0.725. The molecule has 3 aromatic rings. The van der Waals surface area contributed by atoms with Crippen molar-refractivity contribution in [3.63, 3.8) is 0 Å². The van der Waals surface area contributed by atoms with Crippen LogP contribution in [0, 0.1) is 5.92 Å². The van der Waals surface area contributed by atoms with E-state index in [1.165, 1.54) is 25.7 Å². The smallest absolute Gasteiger partial charge is 0.294 e. The fourth-order valence-corrected chi connectivity index (χ4v) is 4.66. The minimum Gasteiger partial charge on any atom is -0.449 e. The highest BCUT2D eigenvalue weighted by Gasteiger charge is 2.40. The van der Waals surface area contributed by atoms with E-state index in [0.717, 1.165) is 28.1 Å². The monoisotopic (exact) mass is 387 g/mol. The molecule has 3 heterocycles. The highest BCUT2D eigenvalue weighted by Crippen LogP contribution is 2.37. The van der Waals surface area contributed by atoms with Crippen molar-refractivity contribution in [2.24, 2.45) is 5.92 Å². The molecular formula is C18H18BrN3O2. The number of hydrogen-bond acceptors (Lipinski definition) is 4. The van der Waals surface area contributed by atoms with Crippen LogP contribution in [-0.4, -0.2) is 27.5 Å². The molecule has 124 valence electrons. The van der Waals surface area contributed by atoms with E-state index in [4.69, 9.17) is 9.40 Å². The average molecular weight is 388 g/mol. The lowest BCUT2D eigenvalue weighted by Crippen LogP contribution is -2.56. The summed E-state index contributed by atoms with van der Waals surface area (Å²) in [5.74, 6) is 1.58. The van der Waals surface area contributed by atoms with Crippen molar-refractivity contribution in [3.05, 3.63) is 38.9 Å². The normalized spacial score (nSPS) is 24.2. The molecule has 2 atom stereocenters. The van der Waals surface area contributed by atoms with Gasteiger partial charge < -0.3 is 9.40 Å². The van der Waals surface area contributed by atoms with Gasteiger partial charge in [0, 0.05) is 22.4 Å². The van der Waals surface area contributed by atoms with Gasteiger partial charge in [0.25, 0.3) is 5.56 Å². The zero-order chi connectivity index (χ0) is 16.3. The van der Waals surface area contributed by atoms with E-state index in [2.05, 4.69) is 25.8 Å². The van der Waals surface area contributed by atoms with Crippen LogP contribution in [0.1, 0.15) is 31.5 Å². The van der Waals surface area contributed by atoms with Crippen LogP contribution in [-0.2, 0) is 6.54 Å². The molecule has 6 heteroatoms. The zero-order valence-corrected chi connectivity index (χ0v) is 14.8. The summed E-state index contributed by atoms with van der Waals surface area (Å²) in [4.78, 5) is 22.5. The van der Waals surface area contributed by atoms with Crippen molar-refractivity contribution in [2.75, 3.05) is 6.54 Å². The van der Waals surface area contributed by atoms with Crippen molar-refractivity contribution in [3.8, 4) is 0 Å². The summed E-state index contributed by atoms with van der Waals surface area (Å²) in [5, 5.41) is 0.880. The summed E-state index contributed by atoms with van der Waals surface area (Å²) >= 11 is 3.48. The fourth-order valence-electron chi connectivity index (χ4n) is 4.30. The number of aromatic nitrogens is 2. The highest BCUT2D eigenvalue weighted by molar-refractivity contribution is 9.10. The third kappa shape index (κ3) is 2.24. The number of halogens is 1. The maximum Gasteiger partial charge on any atom is 0.294 e. The molecule has 2 aliphatic rings. The van der Waals surface area contributed by atoms with Crippen molar-refractivity contribution in [2.45, 2.75) is 38.3 Å². The number of rotatable bonds is 2. The number of nitrogens with one attached hydrogen (secondary N) is 1. The Balaban J connectivity index is 1.53. The number of furan rings is 1. The van der Waals surface area contributed by atoms with E-state index in [-0.39, 0.29) is 5.56 Å². The van der Waals surface area contributed by atoms with Gasteiger partial charge in [0.15, 0.2) is 0 Å². The predicted octanol–water partition coefficient (Wildman–Crippen LogP) is 3.81. The second-order valence-electron chi connectivity index (χ2n) is 6.97. The van der Waals surface area contributed by atoms with Crippen LogP contribution in [0.3, 0.4) is 0 Å². The predicted molar refractivity (Wildman–Crippen MR) is 96.0 cm³/mol. The van der Waals surface area contributed by atoms with Crippen LogP contribution < -0.4 is 5.56 Å². The largest absolute Gasteiger partial charge is 0.449 e. The molecular weight excluding hydrogens is 370 g/mol. The van der Waals surface area contributed by atoms with Crippen LogP contribution in [0.2, 0.25) is 0 Å². The number of nitrogens with zero attached hydrogens (tertiary/aromatic N) is 2. The lowest BCUT2D eigenvalue weighted by atomic mass is 9.77. The van der Waals surface area contributed by atoms with Gasteiger partial charge in [-0.15, -0.1) is 0 Å². The second kappa shape index (κ2) is 5.43. The van der Waals surface area contributed by atoms with E-state index in [1.54, 1.807) is 0 Å². The third-order valence-corrected chi connectivity index (χ3v) is 5.99. The van der Waals surface area contributed by atoms with Crippen molar-refractivity contribution >= 4 is 38.0 Å². The number of fused-ring (bicyclic) bond motifs is 4. The summed E-state index contributed by atoms with van der Waals surface area (Å²) in [7, 11) is 0. The summed E-state index contributed by atoms with van der Waals surface area (Å²) in [6.07, 6.45) is 5.32. The Kier molecular flexibility index (Phi) is 3.31. The van der Waals surface area contributed by atoms with Crippen LogP contribution in [0.5, 0.6) is 0 Å². The number of H-pyrrole nitrogens is 1. The van der Waals surface area contributed by atoms with Gasteiger partial charge in [-0.05, 0) is 37.0 Å². The minimum absolute atomic E-state index is 0.192. The molecule has 1 saturated heterocycles. The van der Waals surface area contributed by atoms with Crippen LogP contribution in [0.25, 0.3) is 22.1 Å². The van der Waals surface area contributed by atoms with Gasteiger partial charge in [0.05, 0.1) is 6.54 Å². The summed E-state index contributed by atoms with van der Waals surface area (Å²) in [5.41, 5.74) is 1.47. The number of aromatic amines is 1. The Morgan fingerprint density at radius 3 is 3.08 bits per heavy atom. The van der Waals surface area contributed by atoms with E-state index < -0.39 is 0 Å². The molecule has 0 bridgehead atoms. The topological polar surface area (TPSA) is 62.1 Å². The summed E-state index contributed by atoms with van der Waals surface area (Å²) in [6, 6.07) is 6.40. The minimum atomic E-state index is -0.192. The van der Waals surface area contributed by atoms with Gasteiger partial charge in [-0.2, -0.15) is 0 Å². The van der Waals surface area contributed by atoms with Crippen LogP contribution >= 0.6 is 15.9 Å². The molecule has 2 aromatic heterocycles. The first-order valence-electron chi connectivity index (χ1n) is 8.54. The Bertz CT molecular complexity index is 993. The molecule has 1 aromatic carbocycles. The first-order valence-corrected chi connectivity index (χ1v) is 9.33. The van der Waals surface area contributed by atoms with Gasteiger partial charge in [0.1, 0.15) is 16.9 Å². The zero-order valence-electron chi connectivity index (χ0n) is 13.2. The first-order chi connectivity index (χ1) is 11.7.